The number of aliphatic carboxylic acids is 1. The van der Waals surface area contributed by atoms with Crippen LogP contribution in [0.25, 0.3) is 10.8 Å². The highest BCUT2D eigenvalue weighted by Crippen LogP contribution is 2.42. The summed E-state index contributed by atoms with van der Waals surface area (Å²) in [5.74, 6) is -1.81. The van der Waals surface area contributed by atoms with Crippen LogP contribution < -0.4 is 10.2 Å². The van der Waals surface area contributed by atoms with Gasteiger partial charge in [-0.25, -0.2) is 4.79 Å². The number of carboxylic acid groups (broad SMARTS) is 1. The zero-order valence-corrected chi connectivity index (χ0v) is 17.0. The molecule has 9 heteroatoms. The van der Waals surface area contributed by atoms with Crippen molar-refractivity contribution in [2.24, 2.45) is 0 Å². The Morgan fingerprint density at radius 1 is 1.32 bits per heavy atom. The van der Waals surface area contributed by atoms with Crippen LogP contribution in [0.3, 0.4) is 0 Å². The Morgan fingerprint density at radius 3 is 2.54 bits per heavy atom. The SMILES string of the molecule is CCCNC(=N)N1CC(C)c2c1ccc1c(Br)cccc21.O=C(O)C(F)(F)F. The largest absolute Gasteiger partial charge is 0.490 e. The van der Waals surface area contributed by atoms with Gasteiger partial charge in [-0.1, -0.05) is 48.0 Å². The van der Waals surface area contributed by atoms with Crippen LogP contribution in [-0.2, 0) is 4.79 Å². The number of rotatable bonds is 2. The van der Waals surface area contributed by atoms with Gasteiger partial charge in [-0.15, -0.1) is 0 Å². The number of alkyl halides is 3. The van der Waals surface area contributed by atoms with E-state index >= 15 is 0 Å². The fourth-order valence-electron chi connectivity index (χ4n) is 3.10. The molecular formula is C19H21BrF3N3O2. The molecule has 1 atom stereocenters. The van der Waals surface area contributed by atoms with E-state index in [1.807, 2.05) is 0 Å². The topological polar surface area (TPSA) is 76.4 Å². The minimum Gasteiger partial charge on any atom is -0.475 e. The standard InChI is InChI=1S/C17H20BrN3.C2HF3O2/c1-3-9-20-17(19)21-10-11(2)16-13-5-4-6-14(18)12(13)7-8-15(16)21;3-2(4,5)1(6)7/h4-8,11H,3,9-10H2,1-2H3,(H2,19,20);(H,6,7). The van der Waals surface area contributed by atoms with Crippen LogP contribution >= 0.6 is 15.9 Å². The first-order valence-electron chi connectivity index (χ1n) is 8.69. The van der Waals surface area contributed by atoms with E-state index in [2.05, 4.69) is 70.3 Å². The number of hydrogen-bond donors (Lipinski definition) is 3. The highest BCUT2D eigenvalue weighted by Gasteiger charge is 2.38. The quantitative estimate of drug-likeness (QED) is 0.431. The molecule has 152 valence electrons. The number of anilines is 1. The lowest BCUT2D eigenvalue weighted by atomic mass is 9.96. The van der Waals surface area contributed by atoms with Gasteiger partial charge in [0.2, 0.25) is 0 Å². The highest BCUT2D eigenvalue weighted by molar-refractivity contribution is 9.10. The Balaban J connectivity index is 0.000000345. The van der Waals surface area contributed by atoms with Crippen molar-refractivity contribution >= 4 is 44.3 Å². The maximum absolute atomic E-state index is 10.6. The first-order chi connectivity index (χ1) is 13.1. The van der Waals surface area contributed by atoms with Crippen molar-refractivity contribution in [1.82, 2.24) is 5.32 Å². The van der Waals surface area contributed by atoms with Crippen molar-refractivity contribution in [2.45, 2.75) is 32.4 Å². The van der Waals surface area contributed by atoms with E-state index in [0.29, 0.717) is 11.9 Å². The molecule has 1 aliphatic rings. The third-order valence-electron chi connectivity index (χ3n) is 4.32. The molecule has 1 heterocycles. The molecule has 2 aromatic carbocycles. The van der Waals surface area contributed by atoms with Crippen LogP contribution in [0.15, 0.2) is 34.8 Å². The predicted molar refractivity (Wildman–Crippen MR) is 107 cm³/mol. The summed E-state index contributed by atoms with van der Waals surface area (Å²) in [4.78, 5) is 11.0. The lowest BCUT2D eigenvalue weighted by molar-refractivity contribution is -0.192. The van der Waals surface area contributed by atoms with Crippen LogP contribution in [0.5, 0.6) is 0 Å². The van der Waals surface area contributed by atoms with E-state index in [1.54, 1.807) is 0 Å². The van der Waals surface area contributed by atoms with E-state index in [9.17, 15) is 13.2 Å². The monoisotopic (exact) mass is 459 g/mol. The van der Waals surface area contributed by atoms with Gasteiger partial charge in [0, 0.05) is 29.2 Å². The number of halogens is 4. The minimum atomic E-state index is -5.08. The smallest absolute Gasteiger partial charge is 0.475 e. The molecule has 3 N–H and O–H groups in total. The third kappa shape index (κ3) is 4.76. The van der Waals surface area contributed by atoms with Crippen LogP contribution in [0.2, 0.25) is 0 Å². The van der Waals surface area contributed by atoms with Crippen LogP contribution in [0, 0.1) is 5.41 Å². The Labute approximate surface area is 169 Å². The zero-order valence-electron chi connectivity index (χ0n) is 15.4. The summed E-state index contributed by atoms with van der Waals surface area (Å²) in [6.07, 6.45) is -4.05. The van der Waals surface area contributed by atoms with Crippen LogP contribution in [0.4, 0.5) is 18.9 Å². The van der Waals surface area contributed by atoms with Gasteiger partial charge in [-0.05, 0) is 34.9 Å². The Bertz CT molecular complexity index is 887. The predicted octanol–water partition coefficient (Wildman–Crippen LogP) is 5.09. The second-order valence-corrected chi connectivity index (χ2v) is 7.28. The fourth-order valence-corrected chi connectivity index (χ4v) is 3.60. The van der Waals surface area contributed by atoms with Crippen molar-refractivity contribution in [3.8, 4) is 0 Å². The molecule has 0 saturated carbocycles. The van der Waals surface area contributed by atoms with Crippen LogP contribution in [-0.4, -0.2) is 36.3 Å². The molecule has 0 amide bonds. The Morgan fingerprint density at radius 2 is 1.96 bits per heavy atom. The lowest BCUT2D eigenvalue weighted by Gasteiger charge is -2.21. The first kappa shape index (κ1) is 22.0. The number of carboxylic acids is 1. The van der Waals surface area contributed by atoms with E-state index in [1.165, 1.54) is 22.0 Å². The van der Waals surface area contributed by atoms with Gasteiger partial charge in [0.15, 0.2) is 5.96 Å². The zero-order chi connectivity index (χ0) is 21.1. The van der Waals surface area contributed by atoms with Gasteiger partial charge in [-0.2, -0.15) is 13.2 Å². The van der Waals surface area contributed by atoms with E-state index in [0.717, 1.165) is 24.0 Å². The van der Waals surface area contributed by atoms with Gasteiger partial charge in [0.25, 0.3) is 0 Å². The second kappa shape index (κ2) is 8.81. The van der Waals surface area contributed by atoms with E-state index < -0.39 is 12.1 Å². The van der Waals surface area contributed by atoms with Gasteiger partial charge < -0.3 is 15.3 Å². The van der Waals surface area contributed by atoms with Crippen molar-refractivity contribution < 1.29 is 23.1 Å². The minimum absolute atomic E-state index is 0.432. The first-order valence-corrected chi connectivity index (χ1v) is 9.48. The average Bonchev–Trinajstić information content (AvgIpc) is 2.97. The molecule has 3 rings (SSSR count). The van der Waals surface area contributed by atoms with Crippen molar-refractivity contribution in [3.05, 3.63) is 40.4 Å². The summed E-state index contributed by atoms with van der Waals surface area (Å²) in [5, 5.41) is 21.1. The number of nitrogens with zero attached hydrogens (tertiary/aromatic N) is 1. The number of nitrogens with one attached hydrogen (secondary N) is 2. The molecule has 0 spiro atoms. The number of carbonyl (C=O) groups is 1. The fraction of sp³-hybridized carbons (Fsp3) is 0.368. The number of benzene rings is 2. The number of fused-ring (bicyclic) bond motifs is 3. The van der Waals surface area contributed by atoms with Crippen LogP contribution in [0.1, 0.15) is 31.7 Å². The summed E-state index contributed by atoms with van der Waals surface area (Å²) in [6, 6.07) is 10.6. The van der Waals surface area contributed by atoms with Gasteiger partial charge in [0.05, 0.1) is 0 Å². The maximum Gasteiger partial charge on any atom is 0.490 e. The molecule has 0 aromatic heterocycles. The summed E-state index contributed by atoms with van der Waals surface area (Å²) in [5.41, 5.74) is 2.53. The molecule has 0 radical (unpaired) electrons. The maximum atomic E-state index is 10.6. The Kier molecular flexibility index (Phi) is 6.92. The lowest BCUT2D eigenvalue weighted by Crippen LogP contribution is -2.40. The molecule has 0 aliphatic carbocycles. The highest BCUT2D eigenvalue weighted by atomic mass is 79.9. The summed E-state index contributed by atoms with van der Waals surface area (Å²) in [6.45, 7) is 6.08. The van der Waals surface area contributed by atoms with Gasteiger partial charge in [0.1, 0.15) is 0 Å². The molecule has 0 fully saturated rings. The third-order valence-corrected chi connectivity index (χ3v) is 5.01. The normalized spacial score (nSPS) is 15.6. The Hall–Kier alpha value is -2.29. The number of hydrogen-bond acceptors (Lipinski definition) is 2. The molecule has 0 bridgehead atoms. The molecule has 5 nitrogen and oxygen atoms in total. The summed E-state index contributed by atoms with van der Waals surface area (Å²) >= 11 is 3.64. The van der Waals surface area contributed by atoms with E-state index in [4.69, 9.17) is 15.3 Å². The molecule has 1 unspecified atom stereocenters. The van der Waals surface area contributed by atoms with Crippen molar-refractivity contribution in [1.29, 1.82) is 5.41 Å². The van der Waals surface area contributed by atoms with Gasteiger partial charge in [-0.3, -0.25) is 5.41 Å². The molecule has 28 heavy (non-hydrogen) atoms. The van der Waals surface area contributed by atoms with E-state index in [-0.39, 0.29) is 0 Å². The van der Waals surface area contributed by atoms with Gasteiger partial charge >= 0.3 is 12.1 Å². The number of guanidine groups is 1. The summed E-state index contributed by atoms with van der Waals surface area (Å²) < 4.78 is 32.9. The molecule has 1 aliphatic heterocycles. The molecular weight excluding hydrogens is 439 g/mol. The summed E-state index contributed by atoms with van der Waals surface area (Å²) in [7, 11) is 0. The van der Waals surface area contributed by atoms with Crippen molar-refractivity contribution in [3.63, 3.8) is 0 Å². The second-order valence-electron chi connectivity index (χ2n) is 6.42. The molecule has 2 aromatic rings. The van der Waals surface area contributed by atoms with Crippen molar-refractivity contribution in [2.75, 3.05) is 18.0 Å². The average molecular weight is 460 g/mol. The molecule has 0 saturated heterocycles.